The van der Waals surface area contributed by atoms with E-state index in [0.717, 1.165) is 24.8 Å². The number of hydrogen-bond acceptors (Lipinski definition) is 7. The molecule has 8 heteroatoms. The van der Waals surface area contributed by atoms with E-state index in [1.54, 1.807) is 31.3 Å². The maximum absolute atomic E-state index is 12.6. The molecule has 6 nitrogen and oxygen atoms in total. The number of amides is 1. The summed E-state index contributed by atoms with van der Waals surface area (Å²) in [6, 6.07) is 5.48. The number of hydrogen-bond donors (Lipinski definition) is 0. The van der Waals surface area contributed by atoms with Gasteiger partial charge in [0.15, 0.2) is 11.5 Å². The first kappa shape index (κ1) is 21.2. The Morgan fingerprint density at radius 1 is 1.15 bits per heavy atom. The lowest BCUT2D eigenvalue weighted by molar-refractivity contribution is -0.140. The van der Waals surface area contributed by atoms with Gasteiger partial charge in [-0.1, -0.05) is 36.5 Å². The Hall–Kier alpha value is -2.06. The van der Waals surface area contributed by atoms with Gasteiger partial charge < -0.3 is 14.2 Å². The lowest BCUT2D eigenvalue weighted by Gasteiger charge is -2.13. The van der Waals surface area contributed by atoms with Gasteiger partial charge in [0, 0.05) is 13.0 Å². The third-order valence-corrected chi connectivity index (χ3v) is 5.45. The number of nitrogens with zero attached hydrogens (tertiary/aromatic N) is 1. The quantitative estimate of drug-likeness (QED) is 0.267. The molecule has 0 aromatic heterocycles. The number of thiocarbonyl (C=S) groups is 1. The summed E-state index contributed by atoms with van der Waals surface area (Å²) in [4.78, 5) is 25.9. The number of unbranched alkanes of at least 4 members (excludes halogenated alkanes) is 2. The highest BCUT2D eigenvalue weighted by atomic mass is 32.2. The molecule has 0 N–H and O–H groups in total. The van der Waals surface area contributed by atoms with E-state index in [0.29, 0.717) is 33.7 Å². The first-order valence-corrected chi connectivity index (χ1v) is 9.76. The van der Waals surface area contributed by atoms with E-state index in [1.165, 1.54) is 18.9 Å². The first-order valence-electron chi connectivity index (χ1n) is 8.54. The number of carbonyl (C=O) groups is 2. The van der Waals surface area contributed by atoms with Gasteiger partial charge in [-0.05, 0) is 36.6 Å². The SMILES string of the molecule is COC(=O)CCCCCN1C(=O)/C(=C/c2ccc(OC)c(OC)c2)SC1=S. The van der Waals surface area contributed by atoms with Gasteiger partial charge in [-0.2, -0.15) is 0 Å². The van der Waals surface area contributed by atoms with E-state index >= 15 is 0 Å². The number of esters is 1. The van der Waals surface area contributed by atoms with Crippen molar-refractivity contribution in [2.45, 2.75) is 25.7 Å². The van der Waals surface area contributed by atoms with Gasteiger partial charge in [0.25, 0.3) is 5.91 Å². The summed E-state index contributed by atoms with van der Waals surface area (Å²) in [5.74, 6) is 0.938. The van der Waals surface area contributed by atoms with Gasteiger partial charge in [-0.3, -0.25) is 14.5 Å². The minimum absolute atomic E-state index is 0.0900. The third kappa shape index (κ3) is 5.71. The van der Waals surface area contributed by atoms with Crippen LogP contribution in [0.3, 0.4) is 0 Å². The van der Waals surface area contributed by atoms with Gasteiger partial charge >= 0.3 is 5.97 Å². The Kier molecular flexibility index (Phi) is 8.12. The highest BCUT2D eigenvalue weighted by molar-refractivity contribution is 8.26. The summed E-state index contributed by atoms with van der Waals surface area (Å²) < 4.78 is 15.7. The van der Waals surface area contributed by atoms with E-state index in [-0.39, 0.29) is 11.9 Å². The van der Waals surface area contributed by atoms with Crippen molar-refractivity contribution >= 4 is 46.3 Å². The fraction of sp³-hybridized carbons (Fsp3) is 0.421. The summed E-state index contributed by atoms with van der Waals surface area (Å²) in [5.41, 5.74) is 0.839. The van der Waals surface area contributed by atoms with Crippen molar-refractivity contribution in [2.24, 2.45) is 0 Å². The molecular formula is C19H23NO5S2. The molecule has 1 aliphatic rings. The average Bonchev–Trinajstić information content (AvgIpc) is 2.94. The summed E-state index contributed by atoms with van der Waals surface area (Å²) in [6.07, 6.45) is 4.56. The van der Waals surface area contributed by atoms with Gasteiger partial charge in [-0.25, -0.2) is 0 Å². The number of ether oxygens (including phenoxy) is 3. The first-order chi connectivity index (χ1) is 13.0. The molecule has 0 atom stereocenters. The highest BCUT2D eigenvalue weighted by Crippen LogP contribution is 2.34. The van der Waals surface area contributed by atoms with E-state index in [4.69, 9.17) is 21.7 Å². The number of thioether (sulfide) groups is 1. The second-order valence-electron chi connectivity index (χ2n) is 5.83. The summed E-state index contributed by atoms with van der Waals surface area (Å²) >= 11 is 6.64. The smallest absolute Gasteiger partial charge is 0.305 e. The molecule has 0 radical (unpaired) electrons. The predicted molar refractivity (Wildman–Crippen MR) is 110 cm³/mol. The van der Waals surface area contributed by atoms with Crippen molar-refractivity contribution in [3.8, 4) is 11.5 Å². The lowest BCUT2D eigenvalue weighted by Crippen LogP contribution is -2.29. The third-order valence-electron chi connectivity index (χ3n) is 4.07. The second-order valence-corrected chi connectivity index (χ2v) is 7.51. The van der Waals surface area contributed by atoms with Crippen LogP contribution in [-0.2, 0) is 14.3 Å². The van der Waals surface area contributed by atoms with E-state index in [1.807, 2.05) is 12.1 Å². The molecule has 0 saturated carbocycles. The largest absolute Gasteiger partial charge is 0.493 e. The molecule has 27 heavy (non-hydrogen) atoms. The van der Waals surface area contributed by atoms with E-state index < -0.39 is 0 Å². The molecule has 1 amide bonds. The number of carbonyl (C=O) groups excluding carboxylic acids is 2. The molecule has 0 spiro atoms. The van der Waals surface area contributed by atoms with Gasteiger partial charge in [-0.15, -0.1) is 0 Å². The Bertz CT molecular complexity index is 748. The molecule has 1 saturated heterocycles. The Morgan fingerprint density at radius 3 is 2.56 bits per heavy atom. The van der Waals surface area contributed by atoms with Crippen LogP contribution >= 0.6 is 24.0 Å². The molecule has 0 unspecified atom stereocenters. The minimum atomic E-state index is -0.210. The summed E-state index contributed by atoms with van der Waals surface area (Å²) in [5, 5.41) is 0. The van der Waals surface area contributed by atoms with Crippen molar-refractivity contribution in [1.29, 1.82) is 0 Å². The van der Waals surface area contributed by atoms with Crippen LogP contribution < -0.4 is 9.47 Å². The van der Waals surface area contributed by atoms with Crippen molar-refractivity contribution in [2.75, 3.05) is 27.9 Å². The predicted octanol–water partition coefficient (Wildman–Crippen LogP) is 3.64. The van der Waals surface area contributed by atoms with Gasteiger partial charge in [0.2, 0.25) is 0 Å². The van der Waals surface area contributed by atoms with Crippen molar-refractivity contribution in [1.82, 2.24) is 4.90 Å². The second kappa shape index (κ2) is 10.3. The standard InChI is InChI=1S/C19H23NO5S2/c1-23-14-9-8-13(11-15(14)24-2)12-16-18(22)20(19(26)27-16)10-6-4-5-7-17(21)25-3/h8-9,11-12H,4-7,10H2,1-3H3/b16-12-. The molecule has 0 bridgehead atoms. The fourth-order valence-corrected chi connectivity index (χ4v) is 3.91. The Labute approximate surface area is 168 Å². The van der Waals surface area contributed by atoms with Crippen molar-refractivity contribution < 1.29 is 23.8 Å². The molecule has 1 aromatic rings. The average molecular weight is 410 g/mol. The molecular weight excluding hydrogens is 386 g/mol. The zero-order chi connectivity index (χ0) is 19.8. The molecule has 0 aliphatic carbocycles. The maximum atomic E-state index is 12.6. The monoisotopic (exact) mass is 409 g/mol. The highest BCUT2D eigenvalue weighted by Gasteiger charge is 2.31. The van der Waals surface area contributed by atoms with Crippen LogP contribution in [0, 0.1) is 0 Å². The number of methoxy groups -OCH3 is 3. The van der Waals surface area contributed by atoms with E-state index in [9.17, 15) is 9.59 Å². The molecule has 1 aliphatic heterocycles. The summed E-state index contributed by atoms with van der Waals surface area (Å²) in [6.45, 7) is 0.551. The molecule has 2 rings (SSSR count). The summed E-state index contributed by atoms with van der Waals surface area (Å²) in [7, 11) is 4.53. The minimum Gasteiger partial charge on any atom is -0.493 e. The maximum Gasteiger partial charge on any atom is 0.305 e. The van der Waals surface area contributed by atoms with Crippen molar-refractivity contribution in [3.63, 3.8) is 0 Å². The molecule has 1 aromatic carbocycles. The van der Waals surface area contributed by atoms with Crippen LogP contribution in [-0.4, -0.2) is 49.0 Å². The Balaban J connectivity index is 1.96. The van der Waals surface area contributed by atoms with Gasteiger partial charge in [0.1, 0.15) is 4.32 Å². The molecule has 146 valence electrons. The van der Waals surface area contributed by atoms with Crippen LogP contribution in [0.5, 0.6) is 11.5 Å². The fourth-order valence-electron chi connectivity index (χ4n) is 2.60. The van der Waals surface area contributed by atoms with Crippen LogP contribution in [0.4, 0.5) is 0 Å². The van der Waals surface area contributed by atoms with Crippen LogP contribution in [0.25, 0.3) is 6.08 Å². The van der Waals surface area contributed by atoms with Crippen LogP contribution in [0.15, 0.2) is 23.1 Å². The Morgan fingerprint density at radius 2 is 1.89 bits per heavy atom. The number of benzene rings is 1. The number of rotatable bonds is 9. The normalized spacial score (nSPS) is 15.4. The topological polar surface area (TPSA) is 65.1 Å². The van der Waals surface area contributed by atoms with Crippen LogP contribution in [0.2, 0.25) is 0 Å². The zero-order valence-electron chi connectivity index (χ0n) is 15.6. The van der Waals surface area contributed by atoms with Gasteiger partial charge in [0.05, 0.1) is 26.2 Å². The zero-order valence-corrected chi connectivity index (χ0v) is 17.3. The van der Waals surface area contributed by atoms with Crippen LogP contribution in [0.1, 0.15) is 31.2 Å². The molecule has 1 fully saturated rings. The van der Waals surface area contributed by atoms with E-state index in [2.05, 4.69) is 4.74 Å². The molecule has 1 heterocycles. The lowest BCUT2D eigenvalue weighted by atomic mass is 10.1. The van der Waals surface area contributed by atoms with Crippen molar-refractivity contribution in [3.05, 3.63) is 28.7 Å².